The quantitative estimate of drug-likeness (QED) is 0.424. The Morgan fingerprint density at radius 1 is 0.893 bits per heavy atom. The van der Waals surface area contributed by atoms with Gasteiger partial charge in [-0.1, -0.05) is 40.9 Å². The molecular weight excluding hydrogens is 423 g/mol. The predicted molar refractivity (Wildman–Crippen MR) is 115 cm³/mol. The molecule has 2 aromatic rings. The smallest absolute Gasteiger partial charge is 0.163 e. The van der Waals surface area contributed by atoms with Crippen LogP contribution < -0.4 is 20.1 Å². The molecule has 0 fully saturated rings. The zero-order valence-electron chi connectivity index (χ0n) is 15.7. The van der Waals surface area contributed by atoms with Crippen LogP contribution in [0.15, 0.2) is 30.3 Å². The number of aliphatic hydroxyl groups excluding tert-OH is 1. The lowest BCUT2D eigenvalue weighted by molar-refractivity contribution is 0.284. The van der Waals surface area contributed by atoms with E-state index in [2.05, 4.69) is 10.6 Å². The molecule has 28 heavy (non-hydrogen) atoms. The Kier molecular flexibility index (Phi) is 10.2. The molecule has 8 heteroatoms. The number of halogens is 3. The van der Waals surface area contributed by atoms with Gasteiger partial charge in [0, 0.05) is 24.2 Å². The van der Waals surface area contributed by atoms with Crippen LogP contribution >= 0.6 is 34.8 Å². The van der Waals surface area contributed by atoms with E-state index in [1.807, 2.05) is 12.1 Å². The van der Waals surface area contributed by atoms with E-state index in [0.29, 0.717) is 46.3 Å². The molecule has 0 aromatic heterocycles. The van der Waals surface area contributed by atoms with Crippen LogP contribution in [0.25, 0.3) is 0 Å². The van der Waals surface area contributed by atoms with Crippen molar-refractivity contribution < 1.29 is 14.6 Å². The van der Waals surface area contributed by atoms with Crippen molar-refractivity contribution in [2.45, 2.75) is 19.6 Å². The summed E-state index contributed by atoms with van der Waals surface area (Å²) in [6, 6.07) is 9.00. The Morgan fingerprint density at radius 2 is 1.68 bits per heavy atom. The molecule has 3 N–H and O–H groups in total. The average molecular weight is 448 g/mol. The van der Waals surface area contributed by atoms with Gasteiger partial charge in [0.25, 0.3) is 0 Å². The zero-order chi connectivity index (χ0) is 20.4. The van der Waals surface area contributed by atoms with Crippen molar-refractivity contribution in [3.63, 3.8) is 0 Å². The van der Waals surface area contributed by atoms with Gasteiger partial charge in [0.1, 0.15) is 6.61 Å². The van der Waals surface area contributed by atoms with Gasteiger partial charge in [0.15, 0.2) is 11.5 Å². The van der Waals surface area contributed by atoms with Gasteiger partial charge >= 0.3 is 0 Å². The topological polar surface area (TPSA) is 62.8 Å². The maximum Gasteiger partial charge on any atom is 0.163 e. The van der Waals surface area contributed by atoms with E-state index in [0.717, 1.165) is 30.6 Å². The van der Waals surface area contributed by atoms with Gasteiger partial charge in [0.2, 0.25) is 0 Å². The number of hydrogen-bond donors (Lipinski definition) is 3. The minimum atomic E-state index is 0.155. The SMILES string of the molecule is COc1cc(CNCCCNCCO)c(Cl)cc1OCc1ccc(Cl)c(Cl)c1. The highest BCUT2D eigenvalue weighted by molar-refractivity contribution is 6.42. The lowest BCUT2D eigenvalue weighted by atomic mass is 10.2. The first-order valence-corrected chi connectivity index (χ1v) is 10.1. The summed E-state index contributed by atoms with van der Waals surface area (Å²) in [6.07, 6.45) is 0.958. The summed E-state index contributed by atoms with van der Waals surface area (Å²) in [5, 5.41) is 16.8. The molecule has 0 heterocycles. The zero-order valence-corrected chi connectivity index (χ0v) is 18.0. The van der Waals surface area contributed by atoms with Crippen LogP contribution in [0.4, 0.5) is 0 Å². The molecule has 2 aromatic carbocycles. The van der Waals surface area contributed by atoms with E-state index in [4.69, 9.17) is 49.4 Å². The lowest BCUT2D eigenvalue weighted by Gasteiger charge is -2.15. The fraction of sp³-hybridized carbons (Fsp3) is 0.400. The molecule has 0 aliphatic carbocycles. The molecule has 154 valence electrons. The molecule has 0 saturated heterocycles. The van der Waals surface area contributed by atoms with Gasteiger partial charge in [0.05, 0.1) is 23.8 Å². The second-order valence-corrected chi connectivity index (χ2v) is 7.36. The highest BCUT2D eigenvalue weighted by Crippen LogP contribution is 2.34. The predicted octanol–water partition coefficient (Wildman–Crippen LogP) is 4.30. The van der Waals surface area contributed by atoms with Crippen molar-refractivity contribution in [2.24, 2.45) is 0 Å². The first kappa shape index (κ1) is 23.1. The van der Waals surface area contributed by atoms with Crippen LogP contribution in [-0.2, 0) is 13.2 Å². The lowest BCUT2D eigenvalue weighted by Crippen LogP contribution is -2.24. The number of rotatable bonds is 12. The van der Waals surface area contributed by atoms with Gasteiger partial charge in [-0.3, -0.25) is 0 Å². The number of aliphatic hydroxyl groups is 1. The summed E-state index contributed by atoms with van der Waals surface area (Å²) in [5.41, 5.74) is 1.83. The molecular formula is C20H25Cl3N2O3. The fourth-order valence-electron chi connectivity index (χ4n) is 2.54. The van der Waals surface area contributed by atoms with Gasteiger partial charge in [-0.25, -0.2) is 0 Å². The van der Waals surface area contributed by atoms with Crippen molar-refractivity contribution in [1.82, 2.24) is 10.6 Å². The van der Waals surface area contributed by atoms with Crippen LogP contribution in [0.1, 0.15) is 17.5 Å². The second-order valence-electron chi connectivity index (χ2n) is 6.14. The van der Waals surface area contributed by atoms with E-state index in [1.165, 1.54) is 0 Å². The van der Waals surface area contributed by atoms with Gasteiger partial charge in [-0.2, -0.15) is 0 Å². The Balaban J connectivity index is 1.91. The molecule has 5 nitrogen and oxygen atoms in total. The third kappa shape index (κ3) is 7.32. The highest BCUT2D eigenvalue weighted by atomic mass is 35.5. The maximum atomic E-state index is 8.72. The van der Waals surface area contributed by atoms with Crippen LogP contribution in [0, 0.1) is 0 Å². The maximum absolute atomic E-state index is 8.72. The van der Waals surface area contributed by atoms with Crippen molar-refractivity contribution in [1.29, 1.82) is 0 Å². The molecule has 0 aliphatic rings. The Hall–Kier alpha value is -1.21. The number of methoxy groups -OCH3 is 1. The van der Waals surface area contributed by atoms with Crippen LogP contribution in [0.3, 0.4) is 0 Å². The third-order valence-corrected chi connectivity index (χ3v) is 5.11. The van der Waals surface area contributed by atoms with Gasteiger partial charge in [-0.15, -0.1) is 0 Å². The van der Waals surface area contributed by atoms with Crippen molar-refractivity contribution >= 4 is 34.8 Å². The summed E-state index contributed by atoms with van der Waals surface area (Å²) >= 11 is 18.4. The first-order chi connectivity index (χ1) is 13.5. The molecule has 0 unspecified atom stereocenters. The summed E-state index contributed by atoms with van der Waals surface area (Å²) < 4.78 is 11.3. The second kappa shape index (κ2) is 12.4. The molecule has 2 rings (SSSR count). The highest BCUT2D eigenvalue weighted by Gasteiger charge is 2.11. The Labute approximate surface area is 180 Å². The minimum absolute atomic E-state index is 0.155. The number of ether oxygens (including phenoxy) is 2. The van der Waals surface area contributed by atoms with E-state index < -0.39 is 0 Å². The van der Waals surface area contributed by atoms with Crippen molar-refractivity contribution in [3.05, 3.63) is 56.5 Å². The third-order valence-electron chi connectivity index (χ3n) is 4.02. The summed E-state index contributed by atoms with van der Waals surface area (Å²) in [4.78, 5) is 0. The Bertz CT molecular complexity index is 760. The van der Waals surface area contributed by atoms with Crippen molar-refractivity contribution in [3.8, 4) is 11.5 Å². The standard InChI is InChI=1S/C20H25Cl3N2O3/c1-27-19-10-15(12-25-6-2-5-24-7-8-26)17(22)11-20(19)28-13-14-3-4-16(21)18(23)9-14/h3-4,9-11,24-26H,2,5-8,12-13H2,1H3. The van der Waals surface area contributed by atoms with Crippen LogP contribution in [0.2, 0.25) is 15.1 Å². The van der Waals surface area contributed by atoms with Crippen LogP contribution in [-0.4, -0.2) is 38.5 Å². The van der Waals surface area contributed by atoms with Gasteiger partial charge < -0.3 is 25.2 Å². The normalized spacial score (nSPS) is 10.9. The molecule has 0 atom stereocenters. The van der Waals surface area contributed by atoms with E-state index in [9.17, 15) is 0 Å². The molecule has 0 spiro atoms. The Morgan fingerprint density at radius 3 is 2.39 bits per heavy atom. The van der Waals surface area contributed by atoms with E-state index in [-0.39, 0.29) is 6.61 Å². The average Bonchev–Trinajstić information content (AvgIpc) is 2.69. The summed E-state index contributed by atoms with van der Waals surface area (Å²) in [6.45, 7) is 3.41. The summed E-state index contributed by atoms with van der Waals surface area (Å²) in [5.74, 6) is 1.18. The molecule has 0 radical (unpaired) electrons. The molecule has 0 bridgehead atoms. The number of nitrogens with one attached hydrogen (secondary N) is 2. The molecule has 0 aliphatic heterocycles. The number of hydrogen-bond acceptors (Lipinski definition) is 5. The largest absolute Gasteiger partial charge is 0.493 e. The van der Waals surface area contributed by atoms with Crippen molar-refractivity contribution in [2.75, 3.05) is 33.4 Å². The molecule has 0 saturated carbocycles. The monoisotopic (exact) mass is 446 g/mol. The summed E-state index contributed by atoms with van der Waals surface area (Å²) in [7, 11) is 1.60. The minimum Gasteiger partial charge on any atom is -0.493 e. The van der Waals surface area contributed by atoms with Gasteiger partial charge in [-0.05, 0) is 48.8 Å². The molecule has 0 amide bonds. The number of benzene rings is 2. The van der Waals surface area contributed by atoms with E-state index in [1.54, 1.807) is 25.3 Å². The van der Waals surface area contributed by atoms with Crippen LogP contribution in [0.5, 0.6) is 11.5 Å². The van der Waals surface area contributed by atoms with E-state index >= 15 is 0 Å². The fourth-order valence-corrected chi connectivity index (χ4v) is 3.08. The first-order valence-electron chi connectivity index (χ1n) is 9.00.